The van der Waals surface area contributed by atoms with Crippen molar-refractivity contribution in [3.63, 3.8) is 0 Å². The van der Waals surface area contributed by atoms with E-state index in [-0.39, 0.29) is 6.61 Å². The normalized spacial score (nSPS) is 9.81. The van der Waals surface area contributed by atoms with Crippen molar-refractivity contribution in [3.05, 3.63) is 90.0 Å². The Morgan fingerprint density at radius 2 is 1.59 bits per heavy atom. The van der Waals surface area contributed by atoms with Gasteiger partial charge in [0.05, 0.1) is 0 Å². The van der Waals surface area contributed by atoms with Gasteiger partial charge in [-0.15, -0.1) is 5.92 Å². The number of rotatable bonds is 5. The quantitative estimate of drug-likeness (QED) is 0.345. The number of hydrogen-bond acceptors (Lipinski definition) is 3. The van der Waals surface area contributed by atoms with E-state index < -0.39 is 6.16 Å². The van der Waals surface area contributed by atoms with Crippen molar-refractivity contribution < 1.29 is 14.3 Å². The zero-order valence-corrected chi connectivity index (χ0v) is 15.1. The van der Waals surface area contributed by atoms with Gasteiger partial charge >= 0.3 is 6.16 Å². The average Bonchev–Trinajstić information content (AvgIpc) is 2.71. The fourth-order valence-corrected chi connectivity index (χ4v) is 2.79. The highest BCUT2D eigenvalue weighted by Gasteiger charge is 2.16. The summed E-state index contributed by atoms with van der Waals surface area (Å²) in [6, 6.07) is 25.8. The van der Waals surface area contributed by atoms with E-state index in [0.717, 1.165) is 22.3 Å². The minimum absolute atomic E-state index is 0.0108. The standard InChI is InChI=1S/C24H20O3/c1-2-3-17-26-24(25)27-23-21(18-19-11-6-4-7-12-19)15-10-16-22(23)20-13-8-5-9-14-20/h4-16H,17-18H2,1H3. The summed E-state index contributed by atoms with van der Waals surface area (Å²) in [5.74, 6) is 5.89. The highest BCUT2D eigenvalue weighted by atomic mass is 16.7. The molecule has 0 spiro atoms. The third-order valence-corrected chi connectivity index (χ3v) is 4.04. The molecule has 0 amide bonds. The summed E-state index contributed by atoms with van der Waals surface area (Å²) < 4.78 is 10.7. The minimum atomic E-state index is -0.754. The molecule has 0 aliphatic rings. The van der Waals surface area contributed by atoms with E-state index in [9.17, 15) is 4.79 Å². The maximum Gasteiger partial charge on any atom is 0.514 e. The van der Waals surface area contributed by atoms with Gasteiger partial charge in [-0.1, -0.05) is 84.8 Å². The Hall–Kier alpha value is -3.51. The topological polar surface area (TPSA) is 35.5 Å². The lowest BCUT2D eigenvalue weighted by Crippen LogP contribution is -2.13. The van der Waals surface area contributed by atoms with Crippen LogP contribution in [0, 0.1) is 11.8 Å². The molecule has 134 valence electrons. The molecule has 3 heteroatoms. The number of ether oxygens (including phenoxy) is 2. The molecule has 3 nitrogen and oxygen atoms in total. The van der Waals surface area contributed by atoms with Crippen LogP contribution in [0.4, 0.5) is 4.79 Å². The molecule has 3 aromatic carbocycles. The van der Waals surface area contributed by atoms with Crippen molar-refractivity contribution in [1.29, 1.82) is 0 Å². The van der Waals surface area contributed by atoms with Crippen LogP contribution in [0.25, 0.3) is 11.1 Å². The van der Waals surface area contributed by atoms with E-state index in [4.69, 9.17) is 9.47 Å². The monoisotopic (exact) mass is 356 g/mol. The van der Waals surface area contributed by atoms with Crippen LogP contribution < -0.4 is 4.74 Å². The van der Waals surface area contributed by atoms with Gasteiger partial charge in [-0.3, -0.25) is 0 Å². The SMILES string of the molecule is CC#CCOC(=O)Oc1c(Cc2ccccc2)cccc1-c1ccccc1. The summed E-state index contributed by atoms with van der Waals surface area (Å²) >= 11 is 0. The van der Waals surface area contributed by atoms with Crippen molar-refractivity contribution in [1.82, 2.24) is 0 Å². The second kappa shape index (κ2) is 9.26. The molecule has 0 N–H and O–H groups in total. The van der Waals surface area contributed by atoms with E-state index in [0.29, 0.717) is 12.2 Å². The zero-order chi connectivity index (χ0) is 18.9. The van der Waals surface area contributed by atoms with E-state index in [2.05, 4.69) is 11.8 Å². The first-order valence-electron chi connectivity index (χ1n) is 8.73. The Morgan fingerprint density at radius 1 is 0.889 bits per heavy atom. The maximum atomic E-state index is 12.2. The van der Waals surface area contributed by atoms with Gasteiger partial charge in [0.1, 0.15) is 5.75 Å². The van der Waals surface area contributed by atoms with Crippen LogP contribution in [0.3, 0.4) is 0 Å². The molecule has 0 unspecified atom stereocenters. The van der Waals surface area contributed by atoms with Gasteiger partial charge in [-0.25, -0.2) is 4.79 Å². The van der Waals surface area contributed by atoms with E-state index in [1.807, 2.05) is 78.9 Å². The highest BCUT2D eigenvalue weighted by molar-refractivity contribution is 5.76. The number of hydrogen-bond donors (Lipinski definition) is 0. The highest BCUT2D eigenvalue weighted by Crippen LogP contribution is 2.34. The van der Waals surface area contributed by atoms with Crippen molar-refractivity contribution in [2.45, 2.75) is 13.3 Å². The van der Waals surface area contributed by atoms with E-state index in [1.165, 1.54) is 0 Å². The van der Waals surface area contributed by atoms with Crippen molar-refractivity contribution in [2.75, 3.05) is 6.61 Å². The Kier molecular flexibility index (Phi) is 6.27. The van der Waals surface area contributed by atoms with Crippen LogP contribution in [-0.4, -0.2) is 12.8 Å². The Bertz CT molecular complexity index is 951. The largest absolute Gasteiger partial charge is 0.514 e. The molecular formula is C24H20O3. The fourth-order valence-electron chi connectivity index (χ4n) is 2.79. The predicted molar refractivity (Wildman–Crippen MR) is 107 cm³/mol. The number of carbonyl (C=O) groups excluding carboxylic acids is 1. The Balaban J connectivity index is 1.96. The molecule has 3 aromatic rings. The minimum Gasteiger partial charge on any atom is -0.421 e. The average molecular weight is 356 g/mol. The van der Waals surface area contributed by atoms with Gasteiger partial charge < -0.3 is 9.47 Å². The van der Waals surface area contributed by atoms with Gasteiger partial charge in [-0.05, 0) is 18.1 Å². The predicted octanol–water partition coefficient (Wildman–Crippen LogP) is 5.48. The summed E-state index contributed by atoms with van der Waals surface area (Å²) in [6.07, 6.45) is -0.103. The lowest BCUT2D eigenvalue weighted by molar-refractivity contribution is 0.111. The van der Waals surface area contributed by atoms with Gasteiger partial charge in [0.25, 0.3) is 0 Å². The van der Waals surface area contributed by atoms with Crippen LogP contribution in [0.1, 0.15) is 18.1 Å². The van der Waals surface area contributed by atoms with Crippen LogP contribution in [0.5, 0.6) is 5.75 Å². The molecule has 0 saturated heterocycles. The first kappa shape index (κ1) is 18.3. The van der Waals surface area contributed by atoms with Crippen molar-refractivity contribution >= 4 is 6.16 Å². The Morgan fingerprint density at radius 3 is 2.30 bits per heavy atom. The Labute approximate surface area is 159 Å². The molecule has 0 aliphatic heterocycles. The van der Waals surface area contributed by atoms with Crippen molar-refractivity contribution in [3.8, 4) is 28.7 Å². The molecule has 0 saturated carbocycles. The molecule has 0 radical (unpaired) electrons. The maximum absolute atomic E-state index is 12.2. The molecule has 0 bridgehead atoms. The smallest absolute Gasteiger partial charge is 0.421 e. The fraction of sp³-hybridized carbons (Fsp3) is 0.125. The zero-order valence-electron chi connectivity index (χ0n) is 15.1. The van der Waals surface area contributed by atoms with Gasteiger partial charge in [0.15, 0.2) is 6.61 Å². The molecule has 0 heterocycles. The molecule has 0 aliphatic carbocycles. The van der Waals surface area contributed by atoms with Crippen molar-refractivity contribution in [2.24, 2.45) is 0 Å². The number of para-hydroxylation sites is 1. The van der Waals surface area contributed by atoms with E-state index >= 15 is 0 Å². The lowest BCUT2D eigenvalue weighted by Gasteiger charge is -2.15. The number of carbonyl (C=O) groups is 1. The summed E-state index contributed by atoms with van der Waals surface area (Å²) in [6.45, 7) is 1.70. The molecular weight excluding hydrogens is 336 g/mol. The third kappa shape index (κ3) is 4.99. The molecule has 0 atom stereocenters. The molecule has 27 heavy (non-hydrogen) atoms. The summed E-state index contributed by atoms with van der Waals surface area (Å²) in [4.78, 5) is 12.2. The molecule has 3 rings (SSSR count). The first-order chi connectivity index (χ1) is 13.3. The summed E-state index contributed by atoms with van der Waals surface area (Å²) in [5.41, 5.74) is 3.88. The van der Waals surface area contributed by atoms with Crippen LogP contribution in [-0.2, 0) is 11.2 Å². The van der Waals surface area contributed by atoms with Crippen LogP contribution >= 0.6 is 0 Å². The lowest BCUT2D eigenvalue weighted by atomic mass is 9.97. The van der Waals surface area contributed by atoms with Gasteiger partial charge in [-0.2, -0.15) is 0 Å². The second-order valence-electron chi connectivity index (χ2n) is 5.89. The number of benzene rings is 3. The molecule has 0 fully saturated rings. The molecule has 0 aromatic heterocycles. The summed E-state index contributed by atoms with van der Waals surface area (Å²) in [5, 5.41) is 0. The van der Waals surface area contributed by atoms with Crippen LogP contribution in [0.15, 0.2) is 78.9 Å². The van der Waals surface area contributed by atoms with Crippen LogP contribution in [0.2, 0.25) is 0 Å². The first-order valence-corrected chi connectivity index (χ1v) is 8.73. The third-order valence-electron chi connectivity index (χ3n) is 4.04. The second-order valence-corrected chi connectivity index (χ2v) is 5.89. The van der Waals surface area contributed by atoms with Gasteiger partial charge in [0, 0.05) is 17.5 Å². The summed E-state index contributed by atoms with van der Waals surface area (Å²) in [7, 11) is 0. The van der Waals surface area contributed by atoms with Gasteiger partial charge in [0.2, 0.25) is 0 Å². The van der Waals surface area contributed by atoms with E-state index in [1.54, 1.807) is 6.92 Å².